The second kappa shape index (κ2) is 7.66. The van der Waals surface area contributed by atoms with Crippen molar-refractivity contribution in [3.63, 3.8) is 0 Å². The second-order valence-electron chi connectivity index (χ2n) is 6.66. The van der Waals surface area contributed by atoms with Crippen LogP contribution in [0.25, 0.3) is 0 Å². The van der Waals surface area contributed by atoms with Crippen LogP contribution in [0.1, 0.15) is 35.7 Å². The Labute approximate surface area is 147 Å². The Bertz CT molecular complexity index is 753. The van der Waals surface area contributed by atoms with Crippen molar-refractivity contribution in [2.24, 2.45) is 5.92 Å². The Kier molecular flexibility index (Phi) is 5.34. The first-order valence-corrected chi connectivity index (χ1v) is 8.64. The summed E-state index contributed by atoms with van der Waals surface area (Å²) in [6.45, 7) is 7.37. The number of likely N-dealkylation sites (tertiary alicyclic amines) is 1. The first kappa shape index (κ1) is 17.4. The summed E-state index contributed by atoms with van der Waals surface area (Å²) in [5, 5.41) is 12.0. The number of nitrogens with one attached hydrogen (secondary N) is 1. The van der Waals surface area contributed by atoms with E-state index in [1.165, 1.54) is 6.07 Å². The first-order chi connectivity index (χ1) is 12.0. The summed E-state index contributed by atoms with van der Waals surface area (Å²) in [5.41, 5.74) is 1.76. The van der Waals surface area contributed by atoms with E-state index in [0.29, 0.717) is 17.2 Å². The lowest BCUT2D eigenvalue weighted by atomic mass is 9.96. The van der Waals surface area contributed by atoms with Crippen molar-refractivity contribution in [2.45, 2.75) is 33.2 Å². The molecule has 0 spiro atoms. The molecule has 2 heterocycles. The number of rotatable bonds is 5. The number of anilines is 1. The number of aromatic nitrogens is 1. The number of hydrogen-bond donors (Lipinski definition) is 1. The van der Waals surface area contributed by atoms with Crippen LogP contribution in [-0.2, 0) is 6.54 Å². The van der Waals surface area contributed by atoms with E-state index in [-0.39, 0.29) is 5.82 Å². The Morgan fingerprint density at radius 2 is 2.12 bits per heavy atom. The van der Waals surface area contributed by atoms with Gasteiger partial charge in [-0.2, -0.15) is 5.26 Å². The van der Waals surface area contributed by atoms with Gasteiger partial charge in [0.15, 0.2) is 0 Å². The largest absolute Gasteiger partial charge is 0.444 e. The fourth-order valence-corrected chi connectivity index (χ4v) is 3.13. The van der Waals surface area contributed by atoms with Crippen LogP contribution in [-0.4, -0.2) is 29.5 Å². The molecular weight excluding hydrogens is 319 g/mol. The standard InChI is InChI=1S/C19H23FN4O/c1-13-14(2)25-19(23-13)12-24-7-5-15(6-8-24)11-22-18-4-3-16(10-21)9-17(18)20/h3-4,9,15,22H,5-8,11-12H2,1-2H3. The van der Waals surface area contributed by atoms with Crippen molar-refractivity contribution in [1.29, 1.82) is 5.26 Å². The highest BCUT2D eigenvalue weighted by atomic mass is 19.1. The van der Waals surface area contributed by atoms with Crippen molar-refractivity contribution in [1.82, 2.24) is 9.88 Å². The lowest BCUT2D eigenvalue weighted by Crippen LogP contribution is -2.35. The fourth-order valence-electron chi connectivity index (χ4n) is 3.13. The highest BCUT2D eigenvalue weighted by Gasteiger charge is 2.21. The van der Waals surface area contributed by atoms with Crippen molar-refractivity contribution >= 4 is 5.69 Å². The highest BCUT2D eigenvalue weighted by Crippen LogP contribution is 2.22. The summed E-state index contributed by atoms with van der Waals surface area (Å²) in [5.74, 6) is 1.82. The number of piperidine rings is 1. The van der Waals surface area contributed by atoms with Crippen LogP contribution in [0.5, 0.6) is 0 Å². The molecule has 1 aromatic heterocycles. The summed E-state index contributed by atoms with van der Waals surface area (Å²) < 4.78 is 19.5. The highest BCUT2D eigenvalue weighted by molar-refractivity contribution is 5.48. The zero-order chi connectivity index (χ0) is 17.8. The molecule has 5 nitrogen and oxygen atoms in total. The van der Waals surface area contributed by atoms with E-state index in [1.807, 2.05) is 19.9 Å². The van der Waals surface area contributed by atoms with Gasteiger partial charge in [0.05, 0.1) is 29.6 Å². The monoisotopic (exact) mass is 342 g/mol. The molecule has 0 amide bonds. The molecule has 0 saturated carbocycles. The molecule has 25 heavy (non-hydrogen) atoms. The van der Waals surface area contributed by atoms with Gasteiger partial charge in [0.2, 0.25) is 5.89 Å². The quantitative estimate of drug-likeness (QED) is 0.899. The molecule has 0 unspecified atom stereocenters. The van der Waals surface area contributed by atoms with Crippen LogP contribution in [0.3, 0.4) is 0 Å². The van der Waals surface area contributed by atoms with Crippen LogP contribution in [0.15, 0.2) is 22.6 Å². The van der Waals surface area contributed by atoms with E-state index in [4.69, 9.17) is 9.68 Å². The Morgan fingerprint density at radius 3 is 2.72 bits per heavy atom. The predicted octanol–water partition coefficient (Wildman–Crippen LogP) is 3.63. The number of oxazole rings is 1. The fraction of sp³-hybridized carbons (Fsp3) is 0.474. The van der Waals surface area contributed by atoms with E-state index in [9.17, 15) is 4.39 Å². The molecule has 1 saturated heterocycles. The zero-order valence-electron chi connectivity index (χ0n) is 14.7. The van der Waals surface area contributed by atoms with Gasteiger partial charge in [0.1, 0.15) is 11.6 Å². The molecule has 1 N–H and O–H groups in total. The number of benzene rings is 1. The van der Waals surface area contributed by atoms with Gasteiger partial charge >= 0.3 is 0 Å². The normalized spacial score (nSPS) is 15.9. The number of halogens is 1. The summed E-state index contributed by atoms with van der Waals surface area (Å²) >= 11 is 0. The molecule has 3 rings (SSSR count). The van der Waals surface area contributed by atoms with Crippen molar-refractivity contribution < 1.29 is 8.81 Å². The maximum atomic E-state index is 13.9. The first-order valence-electron chi connectivity index (χ1n) is 8.64. The van der Waals surface area contributed by atoms with Crippen LogP contribution in [0.4, 0.5) is 10.1 Å². The molecule has 0 atom stereocenters. The van der Waals surface area contributed by atoms with Gasteiger partial charge in [-0.1, -0.05) is 0 Å². The molecule has 1 aliphatic rings. The molecule has 1 aliphatic heterocycles. The molecule has 1 fully saturated rings. The molecule has 0 bridgehead atoms. The summed E-state index contributed by atoms with van der Waals surface area (Å²) in [4.78, 5) is 6.79. The van der Waals surface area contributed by atoms with Gasteiger partial charge in [-0.05, 0) is 63.9 Å². The van der Waals surface area contributed by atoms with E-state index in [2.05, 4.69) is 15.2 Å². The van der Waals surface area contributed by atoms with Crippen molar-refractivity contribution in [3.8, 4) is 6.07 Å². The average Bonchev–Trinajstić information content (AvgIpc) is 2.92. The zero-order valence-corrected chi connectivity index (χ0v) is 14.7. The van der Waals surface area contributed by atoms with Crippen LogP contribution in [0, 0.1) is 36.9 Å². The van der Waals surface area contributed by atoms with Crippen LogP contribution in [0.2, 0.25) is 0 Å². The molecule has 0 radical (unpaired) electrons. The van der Waals surface area contributed by atoms with Gasteiger partial charge in [0.25, 0.3) is 0 Å². The van der Waals surface area contributed by atoms with Gasteiger partial charge in [0, 0.05) is 6.54 Å². The molecule has 6 heteroatoms. The minimum Gasteiger partial charge on any atom is -0.444 e. The third-order valence-corrected chi connectivity index (χ3v) is 4.82. The lowest BCUT2D eigenvalue weighted by Gasteiger charge is -2.31. The number of hydrogen-bond acceptors (Lipinski definition) is 5. The predicted molar refractivity (Wildman–Crippen MR) is 93.6 cm³/mol. The molecule has 132 valence electrons. The van der Waals surface area contributed by atoms with E-state index >= 15 is 0 Å². The van der Waals surface area contributed by atoms with Gasteiger partial charge in [-0.15, -0.1) is 0 Å². The number of nitriles is 1. The number of aryl methyl sites for hydroxylation is 2. The third kappa shape index (κ3) is 4.37. The maximum Gasteiger partial charge on any atom is 0.208 e. The van der Waals surface area contributed by atoms with Crippen LogP contribution < -0.4 is 5.32 Å². The third-order valence-electron chi connectivity index (χ3n) is 4.82. The minimum absolute atomic E-state index is 0.341. The number of nitrogens with zero attached hydrogens (tertiary/aromatic N) is 3. The van der Waals surface area contributed by atoms with Crippen LogP contribution >= 0.6 is 0 Å². The average molecular weight is 342 g/mol. The van der Waals surface area contributed by atoms with Gasteiger partial charge in [-0.3, -0.25) is 4.90 Å². The van der Waals surface area contributed by atoms with E-state index in [1.54, 1.807) is 12.1 Å². The topological polar surface area (TPSA) is 65.1 Å². The van der Waals surface area contributed by atoms with E-state index in [0.717, 1.165) is 56.4 Å². The van der Waals surface area contributed by atoms with Crippen molar-refractivity contribution in [3.05, 3.63) is 46.9 Å². The molecule has 2 aromatic rings. The smallest absolute Gasteiger partial charge is 0.208 e. The minimum atomic E-state index is -0.369. The van der Waals surface area contributed by atoms with E-state index < -0.39 is 0 Å². The summed E-state index contributed by atoms with van der Waals surface area (Å²) in [6, 6.07) is 6.48. The van der Waals surface area contributed by atoms with Gasteiger partial charge in [-0.25, -0.2) is 9.37 Å². The molecular formula is C19H23FN4O. The Hall–Kier alpha value is -2.39. The molecule has 0 aliphatic carbocycles. The van der Waals surface area contributed by atoms with Crippen molar-refractivity contribution in [2.75, 3.05) is 25.0 Å². The SMILES string of the molecule is Cc1nc(CN2CCC(CNc3ccc(C#N)cc3F)CC2)oc1C. The molecule has 1 aromatic carbocycles. The summed E-state index contributed by atoms with van der Waals surface area (Å²) in [6.07, 6.45) is 2.12. The lowest BCUT2D eigenvalue weighted by molar-refractivity contribution is 0.167. The summed E-state index contributed by atoms with van der Waals surface area (Å²) in [7, 11) is 0. The maximum absolute atomic E-state index is 13.9. The Balaban J connectivity index is 1.45. The van der Waals surface area contributed by atoms with Gasteiger partial charge < -0.3 is 9.73 Å². The Morgan fingerprint density at radius 1 is 1.36 bits per heavy atom. The second-order valence-corrected chi connectivity index (χ2v) is 6.66.